The van der Waals surface area contributed by atoms with Crippen molar-refractivity contribution in [2.24, 2.45) is 0 Å². The average Bonchev–Trinajstić information content (AvgIpc) is 3.58. The summed E-state index contributed by atoms with van der Waals surface area (Å²) in [7, 11) is 0. The van der Waals surface area contributed by atoms with Gasteiger partial charge in [0.25, 0.3) is 0 Å². The molecule has 2 nitrogen and oxygen atoms in total. The Morgan fingerprint density at radius 2 is 0.860 bits per heavy atom. The van der Waals surface area contributed by atoms with Crippen LogP contribution >= 0.6 is 0 Å². The number of hydrogen-bond acceptors (Lipinski definition) is 2. The Labute approximate surface area is 290 Å². The van der Waals surface area contributed by atoms with E-state index < -0.39 is 0 Å². The smallest absolute Gasteiger partial charge is 0.159 e. The minimum atomic E-state index is 0.871. The van der Waals surface area contributed by atoms with Gasteiger partial charge in [-0.1, -0.05) is 146 Å². The van der Waals surface area contributed by atoms with Crippen molar-refractivity contribution in [3.05, 3.63) is 188 Å². The molecule has 1 heterocycles. The lowest BCUT2D eigenvalue weighted by Gasteiger charge is -2.26. The van der Waals surface area contributed by atoms with Crippen LogP contribution in [0.3, 0.4) is 0 Å². The van der Waals surface area contributed by atoms with Gasteiger partial charge < -0.3 is 9.32 Å². The Balaban J connectivity index is 1.14. The zero-order chi connectivity index (χ0) is 33.0. The first kappa shape index (κ1) is 28.4. The summed E-state index contributed by atoms with van der Waals surface area (Å²) < 4.78 is 6.85. The number of hydrogen-bond donors (Lipinski definition) is 0. The van der Waals surface area contributed by atoms with E-state index in [1.807, 2.05) is 0 Å². The fourth-order valence-corrected chi connectivity index (χ4v) is 7.55. The molecule has 10 rings (SSSR count). The van der Waals surface area contributed by atoms with Gasteiger partial charge in [0, 0.05) is 27.5 Å². The van der Waals surface area contributed by atoms with Gasteiger partial charge in [-0.15, -0.1) is 0 Å². The van der Waals surface area contributed by atoms with E-state index in [-0.39, 0.29) is 0 Å². The van der Waals surface area contributed by atoms with Crippen molar-refractivity contribution in [1.29, 1.82) is 0 Å². The van der Waals surface area contributed by atoms with Gasteiger partial charge in [0.1, 0.15) is 5.58 Å². The van der Waals surface area contributed by atoms with Crippen LogP contribution in [0.5, 0.6) is 0 Å². The van der Waals surface area contributed by atoms with Crippen molar-refractivity contribution in [1.82, 2.24) is 0 Å². The van der Waals surface area contributed by atoms with Gasteiger partial charge in [-0.3, -0.25) is 0 Å². The first-order valence-corrected chi connectivity index (χ1v) is 17.1. The Hall–Kier alpha value is -6.64. The molecule has 0 unspecified atom stereocenters. The Kier molecular flexibility index (Phi) is 6.53. The third-order valence-electron chi connectivity index (χ3n) is 10.0. The topological polar surface area (TPSA) is 16.4 Å². The molecule has 0 bridgehead atoms. The third kappa shape index (κ3) is 4.65. The van der Waals surface area contributed by atoms with E-state index in [2.05, 4.69) is 193 Å². The second-order valence-electron chi connectivity index (χ2n) is 12.9. The highest BCUT2D eigenvalue weighted by Gasteiger charge is 2.20. The minimum absolute atomic E-state index is 0.871. The SMILES string of the molecule is c1ccc2cc(-c3ccc(N(c4ccc(-c5cccc6ccccc56)cc4)c4cccc5c4oc4c6ccccc6ccc54)cc3)ccc2c1. The molecule has 10 aromatic rings. The maximum Gasteiger partial charge on any atom is 0.159 e. The van der Waals surface area contributed by atoms with Crippen LogP contribution in [0.4, 0.5) is 17.1 Å². The van der Waals surface area contributed by atoms with E-state index in [1.54, 1.807) is 0 Å². The second-order valence-corrected chi connectivity index (χ2v) is 12.9. The predicted octanol–water partition coefficient (Wildman–Crippen LogP) is 13.8. The number of para-hydroxylation sites is 1. The van der Waals surface area contributed by atoms with Gasteiger partial charge in [-0.25, -0.2) is 0 Å². The minimum Gasteiger partial charge on any atom is -0.453 e. The summed E-state index contributed by atoms with van der Waals surface area (Å²) in [6, 6.07) is 67.4. The van der Waals surface area contributed by atoms with Crippen LogP contribution in [0, 0.1) is 0 Å². The molecular weight excluding hydrogens is 607 g/mol. The molecule has 0 amide bonds. The maximum absolute atomic E-state index is 6.85. The van der Waals surface area contributed by atoms with Crippen molar-refractivity contribution in [2.45, 2.75) is 0 Å². The lowest BCUT2D eigenvalue weighted by molar-refractivity contribution is 0.673. The Morgan fingerprint density at radius 1 is 0.320 bits per heavy atom. The van der Waals surface area contributed by atoms with Crippen LogP contribution in [-0.2, 0) is 0 Å². The van der Waals surface area contributed by atoms with Crippen molar-refractivity contribution in [2.75, 3.05) is 4.90 Å². The molecule has 0 saturated heterocycles. The maximum atomic E-state index is 6.85. The fraction of sp³-hybridized carbons (Fsp3) is 0. The largest absolute Gasteiger partial charge is 0.453 e. The monoisotopic (exact) mass is 637 g/mol. The number of rotatable bonds is 5. The summed E-state index contributed by atoms with van der Waals surface area (Å²) in [6.07, 6.45) is 0. The second kappa shape index (κ2) is 11.5. The van der Waals surface area contributed by atoms with E-state index >= 15 is 0 Å². The molecule has 50 heavy (non-hydrogen) atoms. The summed E-state index contributed by atoms with van der Waals surface area (Å²) >= 11 is 0. The highest BCUT2D eigenvalue weighted by molar-refractivity contribution is 6.17. The number of fused-ring (bicyclic) bond motifs is 7. The van der Waals surface area contributed by atoms with Crippen LogP contribution in [0.15, 0.2) is 192 Å². The van der Waals surface area contributed by atoms with E-state index in [4.69, 9.17) is 4.42 Å². The zero-order valence-corrected chi connectivity index (χ0v) is 27.3. The first-order chi connectivity index (χ1) is 24.8. The van der Waals surface area contributed by atoms with E-state index in [0.29, 0.717) is 0 Å². The van der Waals surface area contributed by atoms with Crippen molar-refractivity contribution in [3.8, 4) is 22.3 Å². The molecule has 0 saturated carbocycles. The summed E-state index contributed by atoms with van der Waals surface area (Å²) in [6.45, 7) is 0. The molecule has 0 atom stereocenters. The molecule has 0 fully saturated rings. The third-order valence-corrected chi connectivity index (χ3v) is 10.0. The molecule has 0 aliphatic rings. The molecule has 0 N–H and O–H groups in total. The van der Waals surface area contributed by atoms with E-state index in [9.17, 15) is 0 Å². The van der Waals surface area contributed by atoms with Gasteiger partial charge in [-0.05, 0) is 91.6 Å². The van der Waals surface area contributed by atoms with Gasteiger partial charge in [-0.2, -0.15) is 0 Å². The standard InChI is InChI=1S/C48H31NO/c1-2-12-37-31-38(20-19-32(37)9-1)33-21-26-39(27-22-33)49(40-28-23-36(24-29-40)42-16-7-13-34-10-3-5-14-41(34)42)46-18-8-17-44-45-30-25-35-11-4-6-15-43(35)47(45)50-48(44)46/h1-31H. The highest BCUT2D eigenvalue weighted by Crippen LogP contribution is 2.44. The summed E-state index contributed by atoms with van der Waals surface area (Å²) in [4.78, 5) is 2.32. The molecule has 1 aromatic heterocycles. The number of nitrogens with zero attached hydrogens (tertiary/aromatic N) is 1. The lowest BCUT2D eigenvalue weighted by atomic mass is 9.98. The molecule has 0 spiro atoms. The molecule has 0 radical (unpaired) electrons. The van der Waals surface area contributed by atoms with Crippen molar-refractivity contribution in [3.63, 3.8) is 0 Å². The van der Waals surface area contributed by atoms with Crippen molar-refractivity contribution < 1.29 is 4.42 Å². The van der Waals surface area contributed by atoms with Gasteiger partial charge >= 0.3 is 0 Å². The molecule has 0 aliphatic carbocycles. The van der Waals surface area contributed by atoms with Crippen LogP contribution in [0.2, 0.25) is 0 Å². The molecule has 2 heteroatoms. The summed E-state index contributed by atoms with van der Waals surface area (Å²) in [5.41, 5.74) is 9.71. The predicted molar refractivity (Wildman–Crippen MR) is 212 cm³/mol. The molecule has 0 aliphatic heterocycles. The molecular formula is C48H31NO. The normalized spacial score (nSPS) is 11.6. The van der Waals surface area contributed by atoms with Gasteiger partial charge in [0.2, 0.25) is 0 Å². The van der Waals surface area contributed by atoms with Gasteiger partial charge in [0.05, 0.1) is 5.69 Å². The number of benzene rings is 9. The quantitative estimate of drug-likeness (QED) is 0.187. The zero-order valence-electron chi connectivity index (χ0n) is 27.3. The lowest BCUT2D eigenvalue weighted by Crippen LogP contribution is -2.10. The van der Waals surface area contributed by atoms with Crippen molar-refractivity contribution >= 4 is 71.3 Å². The Bertz CT molecular complexity index is 2860. The van der Waals surface area contributed by atoms with Gasteiger partial charge in [0.15, 0.2) is 5.58 Å². The van der Waals surface area contributed by atoms with Crippen LogP contribution in [-0.4, -0.2) is 0 Å². The van der Waals surface area contributed by atoms with E-state index in [1.165, 1.54) is 49.2 Å². The molecule has 9 aromatic carbocycles. The number of anilines is 3. The summed E-state index contributed by atoms with van der Waals surface area (Å²) in [5.74, 6) is 0. The fourth-order valence-electron chi connectivity index (χ4n) is 7.55. The summed E-state index contributed by atoms with van der Waals surface area (Å²) in [5, 5.41) is 9.51. The van der Waals surface area contributed by atoms with E-state index in [0.717, 1.165) is 44.4 Å². The highest BCUT2D eigenvalue weighted by atomic mass is 16.3. The van der Waals surface area contributed by atoms with Crippen LogP contribution in [0.1, 0.15) is 0 Å². The van der Waals surface area contributed by atoms with Crippen LogP contribution in [0.25, 0.3) is 76.5 Å². The Morgan fingerprint density at radius 3 is 1.64 bits per heavy atom. The average molecular weight is 638 g/mol. The molecule has 234 valence electrons. The number of furan rings is 1. The van der Waals surface area contributed by atoms with Crippen LogP contribution < -0.4 is 4.90 Å². The first-order valence-electron chi connectivity index (χ1n) is 17.1.